The molecule has 1 atom stereocenters. The molecule has 2 N–H and O–H groups in total. The van der Waals surface area contributed by atoms with Gasteiger partial charge in [-0.2, -0.15) is 18.3 Å². The summed E-state index contributed by atoms with van der Waals surface area (Å²) in [5.41, 5.74) is -1.85. The lowest BCUT2D eigenvalue weighted by Crippen LogP contribution is -2.21. The number of anilines is 1. The van der Waals surface area contributed by atoms with Crippen LogP contribution in [0.15, 0.2) is 67.1 Å². The third-order valence-corrected chi connectivity index (χ3v) is 7.01. The highest BCUT2D eigenvalue weighted by atomic mass is 35.5. The molecule has 0 spiro atoms. The monoisotopic (exact) mass is 601 g/mol. The molecular formula is C28H14ClF6N5O2. The molecule has 0 unspecified atom stereocenters. The number of benzene rings is 3. The van der Waals surface area contributed by atoms with Crippen molar-refractivity contribution < 1.29 is 35.9 Å². The molecule has 1 aliphatic heterocycles. The molecule has 0 aliphatic carbocycles. The Morgan fingerprint density at radius 2 is 1.76 bits per heavy atom. The lowest BCUT2D eigenvalue weighted by Gasteiger charge is -2.19. The summed E-state index contributed by atoms with van der Waals surface area (Å²) in [6.07, 6.45) is -2.45. The smallest absolute Gasteiger partial charge is 0.341 e. The van der Waals surface area contributed by atoms with Gasteiger partial charge in [0.15, 0.2) is 5.65 Å². The minimum Gasteiger partial charge on any atom is -0.341 e. The van der Waals surface area contributed by atoms with Crippen LogP contribution in [0.25, 0.3) is 16.8 Å². The van der Waals surface area contributed by atoms with E-state index in [0.29, 0.717) is 12.1 Å². The second-order valence-electron chi connectivity index (χ2n) is 9.34. The Kier molecular flexibility index (Phi) is 6.41. The number of hydrogen-bond acceptors (Lipinski definition) is 4. The largest absolute Gasteiger partial charge is 0.416 e. The first-order chi connectivity index (χ1) is 19.9. The topological polar surface area (TPSA) is 88.4 Å². The maximum absolute atomic E-state index is 15.2. The number of carbonyl (C=O) groups excluding carboxylic acids is 2. The lowest BCUT2D eigenvalue weighted by atomic mass is 9.92. The van der Waals surface area contributed by atoms with Gasteiger partial charge in [0.2, 0.25) is 0 Å². The Morgan fingerprint density at radius 3 is 2.52 bits per heavy atom. The van der Waals surface area contributed by atoms with Gasteiger partial charge in [-0.1, -0.05) is 11.6 Å². The van der Waals surface area contributed by atoms with E-state index in [1.807, 2.05) is 0 Å². The van der Waals surface area contributed by atoms with Gasteiger partial charge in [0.1, 0.15) is 23.8 Å². The quantitative estimate of drug-likeness (QED) is 0.228. The van der Waals surface area contributed by atoms with Crippen molar-refractivity contribution in [2.75, 3.05) is 5.32 Å². The summed E-state index contributed by atoms with van der Waals surface area (Å²) < 4.78 is 84.6. The van der Waals surface area contributed by atoms with Crippen LogP contribution < -0.4 is 10.6 Å². The number of fused-ring (bicyclic) bond motifs is 2. The second-order valence-corrected chi connectivity index (χ2v) is 9.74. The van der Waals surface area contributed by atoms with E-state index in [9.17, 15) is 31.5 Å². The summed E-state index contributed by atoms with van der Waals surface area (Å²) in [4.78, 5) is 30.3. The van der Waals surface area contributed by atoms with Crippen molar-refractivity contribution in [2.45, 2.75) is 12.2 Å². The van der Waals surface area contributed by atoms with Crippen LogP contribution in [-0.2, 0) is 6.18 Å². The summed E-state index contributed by atoms with van der Waals surface area (Å²) in [5.74, 6) is -4.58. The summed E-state index contributed by atoms with van der Waals surface area (Å²) in [7, 11) is 0. The lowest BCUT2D eigenvalue weighted by molar-refractivity contribution is -0.137. The van der Waals surface area contributed by atoms with Gasteiger partial charge in [-0.05, 0) is 54.1 Å². The second kappa shape index (κ2) is 9.87. The van der Waals surface area contributed by atoms with Crippen LogP contribution in [0.2, 0.25) is 5.02 Å². The van der Waals surface area contributed by atoms with E-state index in [-0.39, 0.29) is 50.2 Å². The number of halogens is 7. The van der Waals surface area contributed by atoms with Crippen molar-refractivity contribution in [2.24, 2.45) is 0 Å². The summed E-state index contributed by atoms with van der Waals surface area (Å²) in [6.45, 7) is 0. The van der Waals surface area contributed by atoms with Crippen molar-refractivity contribution in [1.82, 2.24) is 19.9 Å². The van der Waals surface area contributed by atoms with Crippen LogP contribution in [-0.4, -0.2) is 26.4 Å². The van der Waals surface area contributed by atoms with Crippen LogP contribution in [0.1, 0.15) is 43.4 Å². The summed E-state index contributed by atoms with van der Waals surface area (Å²) in [5, 5.41) is 9.09. The van der Waals surface area contributed by atoms with Gasteiger partial charge in [-0.25, -0.2) is 22.7 Å². The maximum atomic E-state index is 15.2. The average molecular weight is 602 g/mol. The van der Waals surface area contributed by atoms with E-state index in [2.05, 4.69) is 20.7 Å². The summed E-state index contributed by atoms with van der Waals surface area (Å²) >= 11 is 6.30. The first kappa shape index (κ1) is 27.3. The van der Waals surface area contributed by atoms with Crippen molar-refractivity contribution in [3.8, 4) is 11.1 Å². The van der Waals surface area contributed by atoms with Gasteiger partial charge in [0, 0.05) is 50.8 Å². The highest BCUT2D eigenvalue weighted by Gasteiger charge is 2.36. The molecule has 5 aromatic rings. The average Bonchev–Trinajstić information content (AvgIpc) is 3.52. The number of nitrogens with one attached hydrogen (secondary N) is 2. The molecule has 0 radical (unpaired) electrons. The van der Waals surface area contributed by atoms with Crippen molar-refractivity contribution in [3.63, 3.8) is 0 Å². The van der Waals surface area contributed by atoms with Gasteiger partial charge in [-0.3, -0.25) is 9.59 Å². The van der Waals surface area contributed by atoms with E-state index in [1.165, 1.54) is 35.2 Å². The zero-order chi connectivity index (χ0) is 29.9. The van der Waals surface area contributed by atoms with Crippen LogP contribution in [0, 0.1) is 17.5 Å². The van der Waals surface area contributed by atoms with Crippen molar-refractivity contribution in [1.29, 1.82) is 0 Å². The predicted octanol–water partition coefficient (Wildman–Crippen LogP) is 6.57. The Labute approximate surface area is 236 Å². The Balaban J connectivity index is 1.53. The number of rotatable bonds is 4. The number of alkyl halides is 3. The van der Waals surface area contributed by atoms with Crippen LogP contribution in [0.5, 0.6) is 0 Å². The molecule has 3 heterocycles. The number of amides is 2. The fourth-order valence-corrected chi connectivity index (χ4v) is 5.02. The maximum Gasteiger partial charge on any atom is 0.416 e. The molecule has 0 saturated carbocycles. The van der Waals surface area contributed by atoms with Crippen LogP contribution >= 0.6 is 11.6 Å². The molecule has 7 nitrogen and oxygen atoms in total. The van der Waals surface area contributed by atoms with Crippen LogP contribution in [0.4, 0.5) is 32.0 Å². The van der Waals surface area contributed by atoms with E-state index in [4.69, 9.17) is 11.6 Å². The van der Waals surface area contributed by atoms with Gasteiger partial charge in [0.05, 0.1) is 11.6 Å². The first-order valence-corrected chi connectivity index (χ1v) is 12.4. The van der Waals surface area contributed by atoms with E-state index in [1.54, 1.807) is 0 Å². The third kappa shape index (κ3) is 4.81. The molecule has 1 aliphatic rings. The summed E-state index contributed by atoms with van der Waals surface area (Å²) in [6, 6.07) is 7.34. The first-order valence-electron chi connectivity index (χ1n) is 12.0. The van der Waals surface area contributed by atoms with E-state index in [0.717, 1.165) is 18.2 Å². The molecule has 14 heteroatoms. The van der Waals surface area contributed by atoms with E-state index >= 15 is 4.39 Å². The number of aromatic nitrogens is 3. The SMILES string of the molecule is O=C(Nc1cc(-c2cn3ncnc3cc2F)cc2c1[C@H](c1cc(F)ccc1Cl)NC2=O)c1cc(F)cc(C(F)(F)F)c1. The Bertz CT molecular complexity index is 1940. The molecule has 2 aromatic heterocycles. The van der Waals surface area contributed by atoms with Crippen molar-refractivity contribution in [3.05, 3.63) is 117 Å². The molecule has 42 heavy (non-hydrogen) atoms. The van der Waals surface area contributed by atoms with Crippen LogP contribution in [0.3, 0.4) is 0 Å². The van der Waals surface area contributed by atoms with Gasteiger partial charge in [0.25, 0.3) is 11.8 Å². The Morgan fingerprint density at radius 1 is 0.976 bits per heavy atom. The minimum atomic E-state index is -4.94. The molecule has 6 rings (SSSR count). The standard InChI is InChI=1S/C28H14ClF6N5O2/c29-20-2-1-15(30)8-17(20)25-24-18(27(42)39-25)5-12(19-10-40-23(9-21(19)32)36-11-37-40)6-22(24)38-26(41)13-3-14(28(33,34)35)7-16(31)4-13/h1-11,25H,(H,38,41)(H,39,42)/t25-/m0/s1. The number of hydrogen-bond donors (Lipinski definition) is 2. The van der Waals surface area contributed by atoms with E-state index < -0.39 is 52.6 Å². The number of nitrogens with zero attached hydrogens (tertiary/aromatic N) is 3. The van der Waals surface area contributed by atoms with Gasteiger partial charge >= 0.3 is 6.18 Å². The van der Waals surface area contributed by atoms with Crippen molar-refractivity contribution >= 4 is 34.7 Å². The molecule has 0 fully saturated rings. The molecule has 2 amide bonds. The molecule has 0 saturated heterocycles. The predicted molar refractivity (Wildman–Crippen MR) is 138 cm³/mol. The third-order valence-electron chi connectivity index (χ3n) is 6.67. The van der Waals surface area contributed by atoms with Gasteiger partial charge in [-0.15, -0.1) is 0 Å². The highest BCUT2D eigenvalue weighted by molar-refractivity contribution is 6.31. The normalized spacial score (nSPS) is 14.6. The minimum absolute atomic E-state index is 0.0542. The zero-order valence-electron chi connectivity index (χ0n) is 20.7. The molecule has 212 valence electrons. The molecular weight excluding hydrogens is 588 g/mol. The fourth-order valence-electron chi connectivity index (χ4n) is 4.79. The fraction of sp³-hybridized carbons (Fsp3) is 0.0714. The highest BCUT2D eigenvalue weighted by Crippen LogP contribution is 2.42. The molecule has 0 bridgehead atoms. The zero-order valence-corrected chi connectivity index (χ0v) is 21.5. The number of pyridine rings is 1. The number of carbonyl (C=O) groups is 2. The van der Waals surface area contributed by atoms with Gasteiger partial charge < -0.3 is 10.6 Å². The Hall–Kier alpha value is -4.91. The molecule has 3 aromatic carbocycles.